The molecule has 0 saturated carbocycles. The largest absolute Gasteiger partial charge is 0.467 e. The molecule has 1 amide bonds. The van der Waals surface area contributed by atoms with E-state index < -0.39 is 0 Å². The van der Waals surface area contributed by atoms with E-state index in [9.17, 15) is 9.59 Å². The molecular weight excluding hydrogens is 306 g/mol. The highest BCUT2D eigenvalue weighted by Crippen LogP contribution is 2.21. The first-order valence-corrected chi connectivity index (χ1v) is 8.23. The van der Waals surface area contributed by atoms with Crippen LogP contribution < -0.4 is 5.56 Å². The second-order valence-electron chi connectivity index (χ2n) is 6.41. The number of furan rings is 1. The number of hydrogen-bond donors (Lipinski definition) is 0. The van der Waals surface area contributed by atoms with Crippen LogP contribution in [0.15, 0.2) is 45.9 Å². The first kappa shape index (κ1) is 16.5. The molecule has 1 aliphatic heterocycles. The molecule has 2 aromatic rings. The fourth-order valence-corrected chi connectivity index (χ4v) is 3.13. The number of aromatic nitrogens is 1. The first-order chi connectivity index (χ1) is 11.5. The molecule has 6 nitrogen and oxygen atoms in total. The molecule has 3 heterocycles. The summed E-state index contributed by atoms with van der Waals surface area (Å²) in [5.41, 5.74) is 0.408. The zero-order valence-electron chi connectivity index (χ0n) is 14.1. The van der Waals surface area contributed by atoms with Gasteiger partial charge in [-0.3, -0.25) is 9.59 Å². The Hall–Kier alpha value is -2.34. The molecule has 1 aliphatic rings. The minimum atomic E-state index is -0.122. The van der Waals surface area contributed by atoms with E-state index in [2.05, 4.69) is 11.9 Å². The molecule has 24 heavy (non-hydrogen) atoms. The van der Waals surface area contributed by atoms with E-state index in [1.54, 1.807) is 25.6 Å². The van der Waals surface area contributed by atoms with Gasteiger partial charge in [-0.1, -0.05) is 0 Å². The van der Waals surface area contributed by atoms with Crippen molar-refractivity contribution < 1.29 is 9.21 Å². The van der Waals surface area contributed by atoms with Crippen molar-refractivity contribution in [2.45, 2.75) is 25.4 Å². The SMILES string of the molecule is CN1CCC(N(Cc2ccco2)C(=O)c2ccc(=O)n(C)c2)CC1. The maximum atomic E-state index is 13.1. The molecule has 0 atom stereocenters. The fraction of sp³-hybridized carbons (Fsp3) is 0.444. The van der Waals surface area contributed by atoms with Crippen LogP contribution in [0.1, 0.15) is 29.0 Å². The smallest absolute Gasteiger partial charge is 0.256 e. The molecule has 0 bridgehead atoms. The minimum absolute atomic E-state index is 0.0587. The van der Waals surface area contributed by atoms with Crippen molar-refractivity contribution in [2.24, 2.45) is 7.05 Å². The highest BCUT2D eigenvalue weighted by atomic mass is 16.3. The Morgan fingerprint density at radius 1 is 1.25 bits per heavy atom. The topological polar surface area (TPSA) is 58.7 Å². The molecule has 0 N–H and O–H groups in total. The molecule has 1 fully saturated rings. The van der Waals surface area contributed by atoms with Gasteiger partial charge in [-0.15, -0.1) is 0 Å². The van der Waals surface area contributed by atoms with Crippen molar-refractivity contribution in [1.82, 2.24) is 14.4 Å². The number of aryl methyl sites for hydroxylation is 1. The van der Waals surface area contributed by atoms with E-state index in [0.29, 0.717) is 12.1 Å². The van der Waals surface area contributed by atoms with Gasteiger partial charge in [0.25, 0.3) is 5.91 Å². The Kier molecular flexibility index (Phi) is 4.85. The van der Waals surface area contributed by atoms with E-state index in [4.69, 9.17) is 4.42 Å². The van der Waals surface area contributed by atoms with E-state index >= 15 is 0 Å². The second-order valence-corrected chi connectivity index (χ2v) is 6.41. The Labute approximate surface area is 141 Å². The van der Waals surface area contributed by atoms with Crippen LogP contribution in [0.3, 0.4) is 0 Å². The van der Waals surface area contributed by atoms with Gasteiger partial charge in [-0.05, 0) is 51.2 Å². The monoisotopic (exact) mass is 329 g/mol. The van der Waals surface area contributed by atoms with Gasteiger partial charge in [-0.2, -0.15) is 0 Å². The summed E-state index contributed by atoms with van der Waals surface area (Å²) in [6.45, 7) is 2.39. The molecule has 0 aromatic carbocycles. The summed E-state index contributed by atoms with van der Waals surface area (Å²) in [5.74, 6) is 0.712. The van der Waals surface area contributed by atoms with Crippen LogP contribution in [-0.2, 0) is 13.6 Å². The van der Waals surface area contributed by atoms with Crippen molar-refractivity contribution in [3.8, 4) is 0 Å². The third-order valence-corrected chi connectivity index (χ3v) is 4.63. The maximum absolute atomic E-state index is 13.1. The summed E-state index contributed by atoms with van der Waals surface area (Å²) in [6, 6.07) is 6.94. The van der Waals surface area contributed by atoms with Crippen molar-refractivity contribution in [3.63, 3.8) is 0 Å². The number of amides is 1. The molecular formula is C18H23N3O3. The second kappa shape index (κ2) is 7.05. The summed E-state index contributed by atoms with van der Waals surface area (Å²) >= 11 is 0. The van der Waals surface area contributed by atoms with Gasteiger partial charge in [-0.25, -0.2) is 0 Å². The number of hydrogen-bond acceptors (Lipinski definition) is 4. The number of nitrogens with zero attached hydrogens (tertiary/aromatic N) is 3. The zero-order valence-corrected chi connectivity index (χ0v) is 14.1. The number of pyridine rings is 1. The van der Waals surface area contributed by atoms with Gasteiger partial charge in [0.1, 0.15) is 5.76 Å². The van der Waals surface area contributed by atoms with Crippen LogP contribution in [0.25, 0.3) is 0 Å². The molecule has 0 spiro atoms. The summed E-state index contributed by atoms with van der Waals surface area (Å²) in [4.78, 5) is 28.8. The quantitative estimate of drug-likeness (QED) is 0.857. The maximum Gasteiger partial charge on any atom is 0.256 e. The van der Waals surface area contributed by atoms with E-state index in [-0.39, 0.29) is 17.5 Å². The number of carbonyl (C=O) groups is 1. The van der Waals surface area contributed by atoms with Crippen molar-refractivity contribution >= 4 is 5.91 Å². The average Bonchev–Trinajstić information content (AvgIpc) is 3.09. The predicted octanol–water partition coefficient (Wildman–Crippen LogP) is 1.71. The minimum Gasteiger partial charge on any atom is -0.467 e. The van der Waals surface area contributed by atoms with Crippen LogP contribution in [0.5, 0.6) is 0 Å². The Morgan fingerprint density at radius 2 is 2.00 bits per heavy atom. The lowest BCUT2D eigenvalue weighted by atomic mass is 10.0. The fourth-order valence-electron chi connectivity index (χ4n) is 3.13. The van der Waals surface area contributed by atoms with Crippen molar-refractivity contribution in [3.05, 3.63) is 58.4 Å². The van der Waals surface area contributed by atoms with E-state index in [1.165, 1.54) is 10.6 Å². The lowest BCUT2D eigenvalue weighted by Gasteiger charge is -2.37. The Morgan fingerprint density at radius 3 is 2.62 bits per heavy atom. The highest BCUT2D eigenvalue weighted by molar-refractivity contribution is 5.94. The van der Waals surface area contributed by atoms with Crippen molar-refractivity contribution in [2.75, 3.05) is 20.1 Å². The first-order valence-electron chi connectivity index (χ1n) is 8.23. The summed E-state index contributed by atoms with van der Waals surface area (Å²) in [7, 11) is 3.76. The van der Waals surface area contributed by atoms with Gasteiger partial charge < -0.3 is 18.8 Å². The Bertz CT molecular complexity index is 743. The zero-order chi connectivity index (χ0) is 17.1. The highest BCUT2D eigenvalue weighted by Gasteiger charge is 2.28. The lowest BCUT2D eigenvalue weighted by molar-refractivity contribution is 0.0550. The summed E-state index contributed by atoms with van der Waals surface area (Å²) in [5, 5.41) is 0. The third-order valence-electron chi connectivity index (χ3n) is 4.63. The van der Waals surface area contributed by atoms with Gasteiger partial charge in [0.05, 0.1) is 18.4 Å². The van der Waals surface area contributed by atoms with Crippen LogP contribution in [0.2, 0.25) is 0 Å². The van der Waals surface area contributed by atoms with E-state index in [0.717, 1.165) is 31.7 Å². The number of piperidine rings is 1. The number of rotatable bonds is 4. The van der Waals surface area contributed by atoms with E-state index in [1.807, 2.05) is 17.0 Å². The van der Waals surface area contributed by atoms with Crippen LogP contribution in [0.4, 0.5) is 0 Å². The van der Waals surface area contributed by atoms with Gasteiger partial charge in [0.2, 0.25) is 5.56 Å². The molecule has 0 aliphatic carbocycles. The summed E-state index contributed by atoms with van der Waals surface area (Å²) in [6.07, 6.45) is 5.11. The molecule has 3 rings (SSSR count). The average molecular weight is 329 g/mol. The molecule has 128 valence electrons. The Balaban J connectivity index is 1.86. The van der Waals surface area contributed by atoms with Gasteiger partial charge in [0.15, 0.2) is 0 Å². The number of carbonyl (C=O) groups excluding carboxylic acids is 1. The van der Waals surface area contributed by atoms with Crippen LogP contribution >= 0.6 is 0 Å². The predicted molar refractivity (Wildman–Crippen MR) is 90.8 cm³/mol. The lowest BCUT2D eigenvalue weighted by Crippen LogP contribution is -2.46. The van der Waals surface area contributed by atoms with Crippen molar-refractivity contribution in [1.29, 1.82) is 0 Å². The molecule has 2 aromatic heterocycles. The molecule has 6 heteroatoms. The van der Waals surface area contributed by atoms with Crippen LogP contribution in [-0.4, -0.2) is 46.5 Å². The standard InChI is InChI=1S/C18H23N3O3/c1-19-9-7-15(8-10-19)21(13-16-4-3-11-24-16)18(23)14-5-6-17(22)20(2)12-14/h3-6,11-12,15H,7-10,13H2,1-2H3. The van der Waals surface area contributed by atoms with Crippen LogP contribution in [0, 0.1) is 0 Å². The van der Waals surface area contributed by atoms with Gasteiger partial charge in [0, 0.05) is 25.4 Å². The normalized spacial score (nSPS) is 16.2. The molecule has 1 saturated heterocycles. The number of likely N-dealkylation sites (tertiary alicyclic amines) is 1. The van der Waals surface area contributed by atoms with Gasteiger partial charge >= 0.3 is 0 Å². The molecule has 0 radical (unpaired) electrons. The third kappa shape index (κ3) is 3.59. The summed E-state index contributed by atoms with van der Waals surface area (Å²) < 4.78 is 6.88. The molecule has 0 unspecified atom stereocenters.